The average molecular weight is 459 g/mol. The maximum Gasteiger partial charge on any atom is 0.227 e. The van der Waals surface area contributed by atoms with Gasteiger partial charge < -0.3 is 21.3 Å². The minimum absolute atomic E-state index is 0.0296. The summed E-state index contributed by atoms with van der Waals surface area (Å²) in [5.41, 5.74) is 3.63. The van der Waals surface area contributed by atoms with Gasteiger partial charge in [0, 0.05) is 47.4 Å². The summed E-state index contributed by atoms with van der Waals surface area (Å²) in [5.74, 6) is 1.74. The molecular formula is C26H30N6O2. The highest BCUT2D eigenvalue weighted by Crippen LogP contribution is 2.30. The van der Waals surface area contributed by atoms with E-state index in [1.54, 1.807) is 0 Å². The number of nitrogens with zero attached hydrogens (tertiary/aromatic N) is 2. The van der Waals surface area contributed by atoms with E-state index in [2.05, 4.69) is 31.3 Å². The van der Waals surface area contributed by atoms with Gasteiger partial charge in [-0.3, -0.25) is 19.6 Å². The van der Waals surface area contributed by atoms with E-state index in [9.17, 15) is 9.59 Å². The zero-order chi connectivity index (χ0) is 23.3. The number of rotatable bonds is 6. The van der Waals surface area contributed by atoms with E-state index in [1.165, 1.54) is 0 Å². The van der Waals surface area contributed by atoms with Crippen LogP contribution in [0, 0.1) is 11.8 Å². The van der Waals surface area contributed by atoms with Crippen LogP contribution in [0.5, 0.6) is 0 Å². The Balaban J connectivity index is 1.09. The maximum atomic E-state index is 12.8. The fourth-order valence-electron chi connectivity index (χ4n) is 4.71. The van der Waals surface area contributed by atoms with Crippen molar-refractivity contribution in [1.82, 2.24) is 10.6 Å². The van der Waals surface area contributed by atoms with Crippen LogP contribution in [0.3, 0.4) is 0 Å². The molecule has 0 unspecified atom stereocenters. The van der Waals surface area contributed by atoms with Crippen LogP contribution in [0.25, 0.3) is 0 Å². The molecule has 8 nitrogen and oxygen atoms in total. The van der Waals surface area contributed by atoms with Crippen LogP contribution >= 0.6 is 0 Å². The smallest absolute Gasteiger partial charge is 0.227 e. The van der Waals surface area contributed by atoms with E-state index in [4.69, 9.17) is 0 Å². The quantitative estimate of drug-likeness (QED) is 0.534. The first-order valence-corrected chi connectivity index (χ1v) is 12.0. The molecule has 8 heteroatoms. The lowest BCUT2D eigenvalue weighted by Gasteiger charge is -2.27. The molecule has 2 aromatic carbocycles. The van der Waals surface area contributed by atoms with Crippen LogP contribution in [-0.4, -0.2) is 49.7 Å². The van der Waals surface area contributed by atoms with Gasteiger partial charge in [-0.1, -0.05) is 0 Å². The van der Waals surface area contributed by atoms with Crippen molar-refractivity contribution >= 4 is 34.9 Å². The van der Waals surface area contributed by atoms with Gasteiger partial charge in [0.15, 0.2) is 0 Å². The number of amidine groups is 2. The molecule has 2 heterocycles. The summed E-state index contributed by atoms with van der Waals surface area (Å²) in [6.07, 6.45) is 2.86. The van der Waals surface area contributed by atoms with Gasteiger partial charge in [-0.2, -0.15) is 0 Å². The van der Waals surface area contributed by atoms with E-state index in [1.807, 2.05) is 48.5 Å². The Morgan fingerprint density at radius 3 is 1.35 bits per heavy atom. The molecule has 3 aliphatic rings. The number of hydrogen-bond acceptors (Lipinski definition) is 6. The highest BCUT2D eigenvalue weighted by molar-refractivity contribution is 6.01. The molecule has 0 spiro atoms. The minimum Gasteiger partial charge on any atom is -0.368 e. The molecule has 1 aliphatic carbocycles. The molecule has 2 aliphatic heterocycles. The van der Waals surface area contributed by atoms with Crippen LogP contribution < -0.4 is 21.3 Å². The van der Waals surface area contributed by atoms with Gasteiger partial charge in [-0.25, -0.2) is 0 Å². The first-order chi connectivity index (χ1) is 16.7. The van der Waals surface area contributed by atoms with Gasteiger partial charge >= 0.3 is 0 Å². The Morgan fingerprint density at radius 1 is 0.647 bits per heavy atom. The molecule has 0 saturated heterocycles. The van der Waals surface area contributed by atoms with Crippen molar-refractivity contribution in [3.8, 4) is 0 Å². The van der Waals surface area contributed by atoms with E-state index >= 15 is 0 Å². The largest absolute Gasteiger partial charge is 0.368 e. The third-order valence-corrected chi connectivity index (χ3v) is 6.67. The van der Waals surface area contributed by atoms with Crippen molar-refractivity contribution in [3.63, 3.8) is 0 Å². The molecular weight excluding hydrogens is 428 g/mol. The Kier molecular flexibility index (Phi) is 6.56. The summed E-state index contributed by atoms with van der Waals surface area (Å²) in [6, 6.07) is 15.5. The number of nitrogens with one attached hydrogen (secondary N) is 4. The molecule has 0 bridgehead atoms. The molecule has 4 N–H and O–H groups in total. The molecule has 1 saturated carbocycles. The van der Waals surface area contributed by atoms with E-state index in [-0.39, 0.29) is 23.7 Å². The summed E-state index contributed by atoms with van der Waals surface area (Å²) < 4.78 is 0. The fraction of sp³-hybridized carbons (Fsp3) is 0.385. The van der Waals surface area contributed by atoms with Crippen molar-refractivity contribution in [1.29, 1.82) is 0 Å². The number of carbonyl (C=O) groups is 2. The lowest BCUT2D eigenvalue weighted by atomic mass is 9.81. The predicted octanol–water partition coefficient (Wildman–Crippen LogP) is 2.77. The predicted molar refractivity (Wildman–Crippen MR) is 134 cm³/mol. The van der Waals surface area contributed by atoms with Gasteiger partial charge in [0.05, 0.1) is 13.1 Å². The Bertz CT molecular complexity index is 1010. The van der Waals surface area contributed by atoms with Gasteiger partial charge in [0.25, 0.3) is 0 Å². The van der Waals surface area contributed by atoms with Crippen LogP contribution in [0.15, 0.2) is 58.5 Å². The van der Waals surface area contributed by atoms with Crippen LogP contribution in [-0.2, 0) is 9.59 Å². The zero-order valence-corrected chi connectivity index (χ0v) is 19.1. The molecule has 1 fully saturated rings. The lowest BCUT2D eigenvalue weighted by Crippen LogP contribution is -2.32. The minimum atomic E-state index is -0.0661. The van der Waals surface area contributed by atoms with E-state index < -0.39 is 0 Å². The molecule has 34 heavy (non-hydrogen) atoms. The SMILES string of the molecule is O=C(Nc1ccc(C2=NCCN2)cc1)C1CCC(C(=O)Nc2ccc(C3=NCCN3)cc2)CC1. The summed E-state index contributed by atoms with van der Waals surface area (Å²) in [4.78, 5) is 34.3. The maximum absolute atomic E-state index is 12.8. The Labute approximate surface area is 199 Å². The Morgan fingerprint density at radius 2 is 1.03 bits per heavy atom. The van der Waals surface area contributed by atoms with E-state index in [0.717, 1.165) is 60.4 Å². The van der Waals surface area contributed by atoms with Gasteiger partial charge in [-0.05, 0) is 74.2 Å². The number of amides is 2. The Hall–Kier alpha value is -3.68. The molecule has 2 amide bonds. The number of carbonyl (C=O) groups excluding carboxylic acids is 2. The zero-order valence-electron chi connectivity index (χ0n) is 19.1. The average Bonchev–Trinajstić information content (AvgIpc) is 3.60. The second kappa shape index (κ2) is 10.1. The fourth-order valence-corrected chi connectivity index (χ4v) is 4.71. The van der Waals surface area contributed by atoms with Gasteiger partial charge in [0.1, 0.15) is 11.7 Å². The summed E-state index contributed by atoms with van der Waals surface area (Å²) in [5, 5.41) is 12.6. The summed E-state index contributed by atoms with van der Waals surface area (Å²) in [6.45, 7) is 3.34. The summed E-state index contributed by atoms with van der Waals surface area (Å²) >= 11 is 0. The highest BCUT2D eigenvalue weighted by Gasteiger charge is 2.30. The second-order valence-electron chi connectivity index (χ2n) is 9.00. The third-order valence-electron chi connectivity index (χ3n) is 6.67. The van der Waals surface area contributed by atoms with Crippen LogP contribution in [0.2, 0.25) is 0 Å². The normalized spacial score (nSPS) is 21.6. The molecule has 176 valence electrons. The standard InChI is InChI=1S/C26H30N6O2/c33-25(31-21-9-5-17(6-10-21)23-27-13-14-28-23)19-1-2-20(4-3-19)26(34)32-22-11-7-18(8-12-22)24-29-15-16-30-24/h5-12,19-20H,1-4,13-16H2,(H,27,28)(H,29,30)(H,31,33)(H,32,34). The summed E-state index contributed by atoms with van der Waals surface area (Å²) in [7, 11) is 0. The lowest BCUT2D eigenvalue weighted by molar-refractivity contribution is -0.125. The third kappa shape index (κ3) is 5.11. The molecule has 0 atom stereocenters. The highest BCUT2D eigenvalue weighted by atomic mass is 16.2. The van der Waals surface area contributed by atoms with Crippen LogP contribution in [0.4, 0.5) is 11.4 Å². The van der Waals surface area contributed by atoms with Gasteiger partial charge in [-0.15, -0.1) is 0 Å². The van der Waals surface area contributed by atoms with Crippen molar-refractivity contribution in [2.75, 3.05) is 36.8 Å². The van der Waals surface area contributed by atoms with Gasteiger partial charge in [0.2, 0.25) is 11.8 Å². The van der Waals surface area contributed by atoms with Crippen molar-refractivity contribution in [2.45, 2.75) is 25.7 Å². The topological polar surface area (TPSA) is 107 Å². The molecule has 0 radical (unpaired) electrons. The molecule has 2 aromatic rings. The van der Waals surface area contributed by atoms with Crippen molar-refractivity contribution < 1.29 is 9.59 Å². The van der Waals surface area contributed by atoms with Crippen molar-refractivity contribution in [2.24, 2.45) is 21.8 Å². The monoisotopic (exact) mass is 458 g/mol. The van der Waals surface area contributed by atoms with Crippen molar-refractivity contribution in [3.05, 3.63) is 59.7 Å². The van der Waals surface area contributed by atoms with E-state index in [0.29, 0.717) is 25.7 Å². The number of aliphatic imine (C=N–C) groups is 2. The number of hydrogen-bond donors (Lipinski definition) is 4. The first-order valence-electron chi connectivity index (χ1n) is 12.0. The number of benzene rings is 2. The van der Waals surface area contributed by atoms with Crippen LogP contribution in [0.1, 0.15) is 36.8 Å². The molecule has 0 aromatic heterocycles. The second-order valence-corrected chi connectivity index (χ2v) is 9.00. The molecule has 5 rings (SSSR count). The first kappa shape index (κ1) is 22.1. The number of anilines is 2.